The van der Waals surface area contributed by atoms with E-state index in [2.05, 4.69) is 10.2 Å². The monoisotopic (exact) mass is 506 g/mol. The lowest BCUT2D eigenvalue weighted by Crippen LogP contribution is -2.34. The first-order chi connectivity index (χ1) is 16.6. The first-order valence-electron chi connectivity index (χ1n) is 11.0. The van der Waals surface area contributed by atoms with Crippen molar-refractivity contribution < 1.29 is 27.5 Å². The Morgan fingerprint density at radius 3 is 2.54 bits per heavy atom. The van der Waals surface area contributed by atoms with Crippen LogP contribution in [0.25, 0.3) is 0 Å². The molecule has 35 heavy (non-hydrogen) atoms. The quantitative estimate of drug-likeness (QED) is 0.417. The number of fused-ring (bicyclic) bond motifs is 1. The van der Waals surface area contributed by atoms with E-state index in [1.54, 1.807) is 30.3 Å². The zero-order valence-corrected chi connectivity index (χ0v) is 19.3. The summed E-state index contributed by atoms with van der Waals surface area (Å²) in [5, 5.41) is 14.0. The summed E-state index contributed by atoms with van der Waals surface area (Å²) in [6.45, 7) is 1.71. The predicted molar refractivity (Wildman–Crippen MR) is 126 cm³/mol. The molecule has 1 atom stereocenters. The van der Waals surface area contributed by atoms with Gasteiger partial charge in [0.05, 0.1) is 18.1 Å². The van der Waals surface area contributed by atoms with Crippen LogP contribution in [0.3, 0.4) is 0 Å². The minimum absolute atomic E-state index is 0.153. The number of β-amino-alcohol motifs (C(OH)–C–C–N with tert-alkyl or cyclic N) is 1. The Bertz CT molecular complexity index is 1210. The lowest BCUT2D eigenvalue weighted by molar-refractivity contribution is -0.140. The second kappa shape index (κ2) is 10.4. The van der Waals surface area contributed by atoms with Crippen LogP contribution >= 0.6 is 11.6 Å². The van der Waals surface area contributed by atoms with Gasteiger partial charge in [-0.15, -0.1) is 0 Å². The molecule has 3 aromatic rings. The van der Waals surface area contributed by atoms with Crippen molar-refractivity contribution in [2.45, 2.75) is 31.7 Å². The highest BCUT2D eigenvalue weighted by Crippen LogP contribution is 2.32. The molecule has 0 radical (unpaired) electrons. The van der Waals surface area contributed by atoms with E-state index < -0.39 is 29.6 Å². The summed E-state index contributed by atoms with van der Waals surface area (Å²) in [5.74, 6) is -1.85. The smallest absolute Gasteiger partial charge is 0.387 e. The molecule has 0 aromatic heterocycles. The minimum Gasteiger partial charge on any atom is -0.387 e. The summed E-state index contributed by atoms with van der Waals surface area (Å²) < 4.78 is 52.1. The van der Waals surface area contributed by atoms with Crippen molar-refractivity contribution in [2.75, 3.05) is 18.4 Å². The average Bonchev–Trinajstić information content (AvgIpc) is 2.78. The highest BCUT2D eigenvalue weighted by Gasteiger charge is 2.34. The number of anilines is 1. The van der Waals surface area contributed by atoms with Crippen LogP contribution in [0.5, 0.6) is 0 Å². The highest BCUT2D eigenvalue weighted by molar-refractivity contribution is 6.30. The molecule has 0 aliphatic carbocycles. The third-order valence-corrected chi connectivity index (χ3v) is 6.26. The van der Waals surface area contributed by atoms with Crippen molar-refractivity contribution in [2.24, 2.45) is 0 Å². The number of hydrogen-bond donors (Lipinski definition) is 2. The van der Waals surface area contributed by atoms with E-state index in [0.717, 1.165) is 28.8 Å². The second-order valence-corrected chi connectivity index (χ2v) is 8.97. The lowest BCUT2D eigenvalue weighted by Gasteiger charge is -2.31. The molecule has 0 saturated carbocycles. The normalized spacial score (nSPS) is 14.9. The molecule has 1 unspecified atom stereocenters. The van der Waals surface area contributed by atoms with E-state index in [0.29, 0.717) is 42.8 Å². The fourth-order valence-corrected chi connectivity index (χ4v) is 4.38. The average molecular weight is 507 g/mol. The number of halogens is 5. The Kier molecular flexibility index (Phi) is 7.44. The van der Waals surface area contributed by atoms with Crippen molar-refractivity contribution in [1.82, 2.24) is 4.90 Å². The van der Waals surface area contributed by atoms with Gasteiger partial charge in [0.1, 0.15) is 5.82 Å². The van der Waals surface area contributed by atoms with Crippen molar-refractivity contribution >= 4 is 23.2 Å². The van der Waals surface area contributed by atoms with Crippen LogP contribution in [-0.2, 0) is 30.4 Å². The second-order valence-electron chi connectivity index (χ2n) is 8.53. The summed E-state index contributed by atoms with van der Waals surface area (Å²) in [5.41, 5.74) is 2.18. The van der Waals surface area contributed by atoms with Gasteiger partial charge in [0.2, 0.25) is 5.91 Å². The first-order valence-corrected chi connectivity index (χ1v) is 11.4. The maximum absolute atomic E-state index is 13.8. The van der Waals surface area contributed by atoms with E-state index in [-0.39, 0.29) is 12.0 Å². The molecule has 0 bridgehead atoms. The molecule has 4 rings (SSSR count). The van der Waals surface area contributed by atoms with Crippen molar-refractivity contribution in [1.29, 1.82) is 0 Å². The number of aliphatic hydroxyl groups excluding tert-OH is 1. The van der Waals surface area contributed by atoms with Crippen LogP contribution in [0.1, 0.15) is 33.9 Å². The maximum Gasteiger partial charge on any atom is 0.419 e. The zero-order valence-electron chi connectivity index (χ0n) is 18.6. The van der Waals surface area contributed by atoms with Crippen LogP contribution in [0, 0.1) is 5.82 Å². The number of hydrogen-bond acceptors (Lipinski definition) is 3. The largest absolute Gasteiger partial charge is 0.419 e. The van der Waals surface area contributed by atoms with Gasteiger partial charge in [-0.3, -0.25) is 9.69 Å². The van der Waals surface area contributed by atoms with E-state index in [9.17, 15) is 27.5 Å². The van der Waals surface area contributed by atoms with Gasteiger partial charge >= 0.3 is 6.18 Å². The first kappa shape index (κ1) is 25.2. The Labute approximate surface area is 205 Å². The van der Waals surface area contributed by atoms with Crippen molar-refractivity contribution in [3.63, 3.8) is 0 Å². The molecule has 9 heteroatoms. The van der Waals surface area contributed by atoms with Crippen molar-refractivity contribution in [3.8, 4) is 0 Å². The topological polar surface area (TPSA) is 52.6 Å². The molecule has 1 heterocycles. The summed E-state index contributed by atoms with van der Waals surface area (Å²) >= 11 is 5.91. The third kappa shape index (κ3) is 6.20. The molecule has 1 aliphatic heterocycles. The maximum atomic E-state index is 13.8. The molecule has 4 nitrogen and oxygen atoms in total. The Balaban J connectivity index is 1.39. The van der Waals surface area contributed by atoms with Crippen LogP contribution in [0.15, 0.2) is 60.7 Å². The fourth-order valence-electron chi connectivity index (χ4n) is 4.25. The van der Waals surface area contributed by atoms with Gasteiger partial charge in [-0.25, -0.2) is 4.39 Å². The molecule has 0 saturated heterocycles. The van der Waals surface area contributed by atoms with Crippen LogP contribution in [-0.4, -0.2) is 29.0 Å². The number of nitrogens with zero attached hydrogens (tertiary/aromatic N) is 1. The summed E-state index contributed by atoms with van der Waals surface area (Å²) in [4.78, 5) is 14.7. The molecule has 184 valence electrons. The van der Waals surface area contributed by atoms with Gasteiger partial charge in [-0.2, -0.15) is 13.2 Å². The van der Waals surface area contributed by atoms with E-state index in [1.165, 1.54) is 0 Å². The third-order valence-electron chi connectivity index (χ3n) is 6.01. The molecule has 0 spiro atoms. The van der Waals surface area contributed by atoms with E-state index in [1.807, 2.05) is 12.1 Å². The standard InChI is InChI=1S/C26H23ClF4N2O2/c27-19-7-5-17(6-8-19)24(34)15-33-11-10-20-18(14-33)2-1-3-23(20)32-25(35)13-16-4-9-21(22(28)12-16)26(29,30)31/h1-9,12,24,34H,10-11,13-15H2,(H,32,35). The Morgan fingerprint density at radius 1 is 1.11 bits per heavy atom. The minimum atomic E-state index is -4.79. The highest BCUT2D eigenvalue weighted by atomic mass is 35.5. The lowest BCUT2D eigenvalue weighted by atomic mass is 9.96. The molecule has 2 N–H and O–H groups in total. The van der Waals surface area contributed by atoms with Crippen LogP contribution in [0.2, 0.25) is 5.02 Å². The molecular weight excluding hydrogens is 484 g/mol. The number of alkyl halides is 3. The molecule has 1 amide bonds. The Morgan fingerprint density at radius 2 is 1.86 bits per heavy atom. The number of rotatable bonds is 6. The summed E-state index contributed by atoms with van der Waals surface area (Å²) in [6.07, 6.45) is -5.06. The van der Waals surface area contributed by atoms with Crippen molar-refractivity contribution in [3.05, 3.63) is 99.3 Å². The zero-order chi connectivity index (χ0) is 25.2. The summed E-state index contributed by atoms with van der Waals surface area (Å²) in [7, 11) is 0. The number of carbonyl (C=O) groups excluding carboxylic acids is 1. The van der Waals surface area contributed by atoms with Gasteiger partial charge in [0, 0.05) is 30.3 Å². The van der Waals surface area contributed by atoms with Gasteiger partial charge in [0.15, 0.2) is 0 Å². The molecular formula is C26H23ClF4N2O2. The van der Waals surface area contributed by atoms with E-state index >= 15 is 0 Å². The fraction of sp³-hybridized carbons (Fsp3) is 0.269. The molecule has 1 aliphatic rings. The van der Waals surface area contributed by atoms with Crippen LogP contribution < -0.4 is 5.32 Å². The number of carbonyl (C=O) groups is 1. The SMILES string of the molecule is O=C(Cc1ccc(C(F)(F)F)c(F)c1)Nc1cccc2c1CCN(CC(O)c1ccc(Cl)cc1)C2. The van der Waals surface area contributed by atoms with Gasteiger partial charge in [-0.05, 0) is 59.0 Å². The number of nitrogens with one attached hydrogen (secondary N) is 1. The Hall–Kier alpha value is -2.94. The number of benzene rings is 3. The summed E-state index contributed by atoms with van der Waals surface area (Å²) in [6, 6.07) is 15.1. The number of aliphatic hydroxyl groups is 1. The molecule has 3 aromatic carbocycles. The number of amides is 1. The van der Waals surface area contributed by atoms with Gasteiger partial charge in [0.25, 0.3) is 0 Å². The van der Waals surface area contributed by atoms with E-state index in [4.69, 9.17) is 11.6 Å². The molecule has 0 fully saturated rings. The van der Waals surface area contributed by atoms with Gasteiger partial charge in [-0.1, -0.05) is 41.9 Å². The predicted octanol–water partition coefficient (Wildman–Crippen LogP) is 5.77. The van der Waals surface area contributed by atoms with Gasteiger partial charge < -0.3 is 10.4 Å². The van der Waals surface area contributed by atoms with Crippen LogP contribution in [0.4, 0.5) is 23.2 Å².